The predicted molar refractivity (Wildman–Crippen MR) is 87.6 cm³/mol. The van der Waals surface area contributed by atoms with Crippen molar-refractivity contribution in [2.45, 2.75) is 39.2 Å². The Morgan fingerprint density at radius 2 is 2.10 bits per heavy atom. The smallest absolute Gasteiger partial charge is 0.238 e. The van der Waals surface area contributed by atoms with Gasteiger partial charge in [-0.15, -0.1) is 0 Å². The van der Waals surface area contributed by atoms with E-state index in [0.29, 0.717) is 12.6 Å². The van der Waals surface area contributed by atoms with E-state index in [9.17, 15) is 4.79 Å². The van der Waals surface area contributed by atoms with Gasteiger partial charge >= 0.3 is 0 Å². The van der Waals surface area contributed by atoms with Crippen LogP contribution >= 0.6 is 0 Å². The highest BCUT2D eigenvalue weighted by atomic mass is 16.2. The lowest BCUT2D eigenvalue weighted by molar-refractivity contribution is -0.117. The minimum absolute atomic E-state index is 0.0830. The summed E-state index contributed by atoms with van der Waals surface area (Å²) in [5.74, 6) is 0.0830. The molecule has 1 aromatic rings. The molecule has 1 fully saturated rings. The van der Waals surface area contributed by atoms with Gasteiger partial charge in [-0.05, 0) is 50.0 Å². The zero-order chi connectivity index (χ0) is 15.1. The Morgan fingerprint density at radius 3 is 2.67 bits per heavy atom. The number of nitrogens with one attached hydrogen (secondary N) is 2. The number of rotatable bonds is 7. The number of aryl methyl sites for hydroxylation is 1. The number of hydrogen-bond donors (Lipinski definition) is 2. The van der Waals surface area contributed by atoms with Crippen LogP contribution in [0, 0.1) is 0 Å². The highest BCUT2D eigenvalue weighted by molar-refractivity contribution is 5.92. The molecule has 21 heavy (non-hydrogen) atoms. The molecule has 0 bridgehead atoms. The summed E-state index contributed by atoms with van der Waals surface area (Å²) in [7, 11) is 0. The molecule has 2 rings (SSSR count). The quantitative estimate of drug-likeness (QED) is 0.809. The number of nitrogens with zero attached hydrogens (tertiary/aromatic N) is 1. The highest BCUT2D eigenvalue weighted by Crippen LogP contribution is 2.12. The standard InChI is InChI=1S/C17H27N3O/c1-3-11-20(16-9-10-18-12-16)13-17(21)19-15-7-5-14(4-2)6-8-15/h5-8,16,18H,3-4,9-13H2,1-2H3,(H,19,21). The molecule has 0 saturated carbocycles. The van der Waals surface area contributed by atoms with Gasteiger partial charge in [0.2, 0.25) is 5.91 Å². The lowest BCUT2D eigenvalue weighted by Gasteiger charge is -2.27. The molecule has 1 aliphatic heterocycles. The van der Waals surface area contributed by atoms with E-state index in [1.165, 1.54) is 5.56 Å². The Morgan fingerprint density at radius 1 is 1.33 bits per heavy atom. The van der Waals surface area contributed by atoms with Gasteiger partial charge in [-0.1, -0.05) is 26.0 Å². The fourth-order valence-corrected chi connectivity index (χ4v) is 2.84. The summed E-state index contributed by atoms with van der Waals surface area (Å²) in [6, 6.07) is 8.61. The summed E-state index contributed by atoms with van der Waals surface area (Å²) in [5.41, 5.74) is 2.18. The molecule has 1 aromatic carbocycles. The Hall–Kier alpha value is -1.39. The van der Waals surface area contributed by atoms with Gasteiger partial charge in [-0.25, -0.2) is 0 Å². The average Bonchev–Trinajstić information content (AvgIpc) is 3.02. The van der Waals surface area contributed by atoms with Crippen LogP contribution in [0.1, 0.15) is 32.3 Å². The number of benzene rings is 1. The fraction of sp³-hybridized carbons (Fsp3) is 0.588. The van der Waals surface area contributed by atoms with Gasteiger partial charge in [0.25, 0.3) is 0 Å². The van der Waals surface area contributed by atoms with Crippen molar-refractivity contribution in [1.29, 1.82) is 0 Å². The van der Waals surface area contributed by atoms with E-state index < -0.39 is 0 Å². The molecule has 2 N–H and O–H groups in total. The van der Waals surface area contributed by atoms with Crippen LogP contribution in [-0.4, -0.2) is 43.0 Å². The molecule has 4 heteroatoms. The second-order valence-corrected chi connectivity index (χ2v) is 5.72. The Kier molecular flexibility index (Phi) is 6.21. The number of carbonyl (C=O) groups is 1. The van der Waals surface area contributed by atoms with Crippen molar-refractivity contribution in [1.82, 2.24) is 10.2 Å². The van der Waals surface area contributed by atoms with Crippen LogP contribution in [0.25, 0.3) is 0 Å². The molecule has 1 heterocycles. The number of carbonyl (C=O) groups excluding carboxylic acids is 1. The molecule has 116 valence electrons. The van der Waals surface area contributed by atoms with Crippen molar-refractivity contribution >= 4 is 11.6 Å². The summed E-state index contributed by atoms with van der Waals surface area (Å²) >= 11 is 0. The van der Waals surface area contributed by atoms with Gasteiger partial charge in [0.15, 0.2) is 0 Å². The second-order valence-electron chi connectivity index (χ2n) is 5.72. The van der Waals surface area contributed by atoms with Crippen molar-refractivity contribution < 1.29 is 4.79 Å². The van der Waals surface area contributed by atoms with Crippen LogP contribution in [0.15, 0.2) is 24.3 Å². The van der Waals surface area contributed by atoms with Crippen LogP contribution in [0.2, 0.25) is 0 Å². The van der Waals surface area contributed by atoms with E-state index in [1.54, 1.807) is 0 Å². The summed E-state index contributed by atoms with van der Waals surface area (Å²) in [6.45, 7) is 7.82. The molecule has 0 spiro atoms. The van der Waals surface area contributed by atoms with Gasteiger partial charge in [0.1, 0.15) is 0 Å². The van der Waals surface area contributed by atoms with Crippen LogP contribution < -0.4 is 10.6 Å². The lowest BCUT2D eigenvalue weighted by Crippen LogP contribution is -2.42. The molecule has 0 aliphatic carbocycles. The maximum Gasteiger partial charge on any atom is 0.238 e. The van der Waals surface area contributed by atoms with E-state index in [2.05, 4.69) is 41.5 Å². The van der Waals surface area contributed by atoms with Crippen molar-refractivity contribution in [2.75, 3.05) is 31.5 Å². The zero-order valence-electron chi connectivity index (χ0n) is 13.2. The van der Waals surface area contributed by atoms with Gasteiger partial charge in [-0.2, -0.15) is 0 Å². The maximum absolute atomic E-state index is 12.2. The molecule has 1 saturated heterocycles. The Balaban J connectivity index is 1.88. The van der Waals surface area contributed by atoms with Crippen LogP contribution in [0.4, 0.5) is 5.69 Å². The number of anilines is 1. The molecule has 1 amide bonds. The Bertz CT molecular complexity index is 438. The third-order valence-corrected chi connectivity index (χ3v) is 4.05. The number of hydrogen-bond acceptors (Lipinski definition) is 3. The highest BCUT2D eigenvalue weighted by Gasteiger charge is 2.23. The first-order valence-electron chi connectivity index (χ1n) is 8.06. The van der Waals surface area contributed by atoms with E-state index in [-0.39, 0.29) is 5.91 Å². The van der Waals surface area contributed by atoms with Gasteiger partial charge < -0.3 is 10.6 Å². The van der Waals surface area contributed by atoms with Crippen molar-refractivity contribution in [3.05, 3.63) is 29.8 Å². The maximum atomic E-state index is 12.2. The minimum Gasteiger partial charge on any atom is -0.325 e. The lowest BCUT2D eigenvalue weighted by atomic mass is 10.1. The first-order chi connectivity index (χ1) is 10.2. The minimum atomic E-state index is 0.0830. The van der Waals surface area contributed by atoms with Gasteiger partial charge in [0.05, 0.1) is 6.54 Å². The molecule has 1 aliphatic rings. The van der Waals surface area contributed by atoms with Crippen molar-refractivity contribution in [3.8, 4) is 0 Å². The monoisotopic (exact) mass is 289 g/mol. The Labute approximate surface area is 127 Å². The van der Waals surface area contributed by atoms with Crippen molar-refractivity contribution in [2.24, 2.45) is 0 Å². The predicted octanol–water partition coefficient (Wildman–Crippen LogP) is 2.26. The number of amides is 1. The van der Waals surface area contributed by atoms with Crippen molar-refractivity contribution in [3.63, 3.8) is 0 Å². The fourth-order valence-electron chi connectivity index (χ4n) is 2.84. The van der Waals surface area contributed by atoms with E-state index in [0.717, 1.165) is 44.6 Å². The summed E-state index contributed by atoms with van der Waals surface area (Å²) < 4.78 is 0. The summed E-state index contributed by atoms with van der Waals surface area (Å²) in [6.07, 6.45) is 3.24. The first kappa shape index (κ1) is 16.0. The SMILES string of the molecule is CCCN(CC(=O)Nc1ccc(CC)cc1)C1CCNC1. The van der Waals surface area contributed by atoms with Crippen LogP contribution in [-0.2, 0) is 11.2 Å². The van der Waals surface area contributed by atoms with Crippen LogP contribution in [0.5, 0.6) is 0 Å². The zero-order valence-corrected chi connectivity index (χ0v) is 13.2. The molecular weight excluding hydrogens is 262 g/mol. The second kappa shape index (κ2) is 8.15. The third kappa shape index (κ3) is 4.83. The summed E-state index contributed by atoms with van der Waals surface area (Å²) in [4.78, 5) is 14.5. The van der Waals surface area contributed by atoms with Gasteiger partial charge in [-0.3, -0.25) is 9.69 Å². The van der Waals surface area contributed by atoms with E-state index in [1.807, 2.05) is 12.1 Å². The van der Waals surface area contributed by atoms with E-state index in [4.69, 9.17) is 0 Å². The van der Waals surface area contributed by atoms with Crippen LogP contribution in [0.3, 0.4) is 0 Å². The molecule has 1 atom stereocenters. The normalized spacial score (nSPS) is 18.1. The van der Waals surface area contributed by atoms with Gasteiger partial charge in [0, 0.05) is 18.3 Å². The average molecular weight is 289 g/mol. The molecule has 0 radical (unpaired) electrons. The molecular formula is C17H27N3O. The molecule has 1 unspecified atom stereocenters. The third-order valence-electron chi connectivity index (χ3n) is 4.05. The topological polar surface area (TPSA) is 44.4 Å². The largest absolute Gasteiger partial charge is 0.325 e. The first-order valence-corrected chi connectivity index (χ1v) is 8.06. The van der Waals surface area contributed by atoms with E-state index >= 15 is 0 Å². The summed E-state index contributed by atoms with van der Waals surface area (Å²) in [5, 5.41) is 6.38. The molecule has 4 nitrogen and oxygen atoms in total. The molecule has 0 aromatic heterocycles.